The van der Waals surface area contributed by atoms with Gasteiger partial charge in [0.2, 0.25) is 0 Å². The Labute approximate surface area is 161 Å². The summed E-state index contributed by atoms with van der Waals surface area (Å²) < 4.78 is 0. The maximum atomic E-state index is 11.9. The van der Waals surface area contributed by atoms with Crippen LogP contribution in [0, 0.1) is 0 Å². The number of carbonyl (C=O) groups excluding carboxylic acids is 1. The smallest absolute Gasteiger partial charge is 0.147 e. The van der Waals surface area contributed by atoms with E-state index < -0.39 is 0 Å². The van der Waals surface area contributed by atoms with Crippen LogP contribution in [0.25, 0.3) is 10.9 Å². The molecule has 0 aliphatic rings. The summed E-state index contributed by atoms with van der Waals surface area (Å²) in [5.74, 6) is 0.186. The molecule has 0 spiro atoms. The third kappa shape index (κ3) is 5.52. The van der Waals surface area contributed by atoms with Gasteiger partial charge in [-0.05, 0) is 43.9 Å². The second-order valence-corrected chi connectivity index (χ2v) is 7.23. The van der Waals surface area contributed by atoms with Crippen molar-refractivity contribution in [2.24, 2.45) is 0 Å². The Morgan fingerprint density at radius 2 is 1.67 bits per heavy atom. The Morgan fingerprint density at radius 3 is 2.44 bits per heavy atom. The molecule has 1 heterocycles. The van der Waals surface area contributed by atoms with Crippen molar-refractivity contribution >= 4 is 16.7 Å². The van der Waals surface area contributed by atoms with E-state index >= 15 is 0 Å². The van der Waals surface area contributed by atoms with Gasteiger partial charge in [0, 0.05) is 36.2 Å². The highest BCUT2D eigenvalue weighted by Crippen LogP contribution is 2.18. The molecule has 142 valence electrons. The number of hydrogen-bond acceptors (Lipinski definition) is 3. The summed E-state index contributed by atoms with van der Waals surface area (Å²) in [6.07, 6.45) is 3.82. The molecule has 0 fully saturated rings. The largest absolute Gasteiger partial charge is 0.361 e. The number of ketones is 1. The molecule has 0 aliphatic carbocycles. The van der Waals surface area contributed by atoms with Crippen LogP contribution in [0.4, 0.5) is 0 Å². The number of nitrogens with one attached hydrogen (secondary N) is 3. The summed E-state index contributed by atoms with van der Waals surface area (Å²) in [6.45, 7) is 5.47. The van der Waals surface area contributed by atoms with Gasteiger partial charge in [-0.1, -0.05) is 48.5 Å². The molecule has 1 aromatic heterocycles. The Balaban J connectivity index is 1.43. The molecular weight excluding hydrogens is 334 g/mol. The Kier molecular flexibility index (Phi) is 6.80. The minimum absolute atomic E-state index is 0.127. The number of hydrogen-bond donors (Lipinski definition) is 3. The average Bonchev–Trinajstić information content (AvgIpc) is 3.08. The molecule has 3 rings (SSSR count). The molecule has 4 nitrogen and oxygen atoms in total. The predicted octanol–water partition coefficient (Wildman–Crippen LogP) is 3.48. The van der Waals surface area contributed by atoms with Crippen LogP contribution in [-0.4, -0.2) is 35.9 Å². The number of H-pyrrole nitrogens is 1. The molecule has 2 atom stereocenters. The van der Waals surface area contributed by atoms with Crippen molar-refractivity contribution in [1.29, 1.82) is 0 Å². The van der Waals surface area contributed by atoms with E-state index in [9.17, 15) is 4.79 Å². The molecule has 0 bridgehead atoms. The quantitative estimate of drug-likeness (QED) is 0.483. The standard InChI is InChI=1S/C23H29N3O/c1-17(14-20-16-26-22-11-7-6-10-21(20)22)24-12-13-25-23(18(2)27)15-19-8-4-3-5-9-19/h3-11,16-17,23-26H,12-15H2,1-2H3. The normalized spacial score (nSPS) is 13.6. The van der Waals surface area contributed by atoms with Crippen molar-refractivity contribution in [3.05, 3.63) is 71.9 Å². The number of fused-ring (bicyclic) bond motifs is 1. The highest BCUT2D eigenvalue weighted by Gasteiger charge is 2.14. The number of carbonyl (C=O) groups is 1. The topological polar surface area (TPSA) is 56.9 Å². The summed E-state index contributed by atoms with van der Waals surface area (Å²) >= 11 is 0. The summed E-state index contributed by atoms with van der Waals surface area (Å²) in [4.78, 5) is 15.3. The summed E-state index contributed by atoms with van der Waals surface area (Å²) in [5, 5.41) is 8.24. The van der Waals surface area contributed by atoms with Crippen LogP contribution in [0.3, 0.4) is 0 Å². The first kappa shape index (κ1) is 19.3. The van der Waals surface area contributed by atoms with Gasteiger partial charge in [0.25, 0.3) is 0 Å². The molecule has 0 saturated carbocycles. The predicted molar refractivity (Wildman–Crippen MR) is 112 cm³/mol. The van der Waals surface area contributed by atoms with Crippen LogP contribution < -0.4 is 10.6 Å². The van der Waals surface area contributed by atoms with Crippen LogP contribution in [0.2, 0.25) is 0 Å². The lowest BCUT2D eigenvalue weighted by molar-refractivity contribution is -0.118. The third-order valence-electron chi connectivity index (χ3n) is 4.98. The van der Waals surface area contributed by atoms with Crippen molar-refractivity contribution in [2.75, 3.05) is 13.1 Å². The minimum atomic E-state index is -0.127. The van der Waals surface area contributed by atoms with Crippen LogP contribution in [0.5, 0.6) is 0 Å². The van der Waals surface area contributed by atoms with Gasteiger partial charge < -0.3 is 15.6 Å². The van der Waals surface area contributed by atoms with E-state index in [1.54, 1.807) is 6.92 Å². The van der Waals surface area contributed by atoms with Gasteiger partial charge in [-0.2, -0.15) is 0 Å². The van der Waals surface area contributed by atoms with E-state index in [-0.39, 0.29) is 11.8 Å². The maximum absolute atomic E-state index is 11.9. The maximum Gasteiger partial charge on any atom is 0.147 e. The fraction of sp³-hybridized carbons (Fsp3) is 0.348. The number of aromatic nitrogens is 1. The number of rotatable bonds is 10. The first-order valence-electron chi connectivity index (χ1n) is 9.69. The molecule has 0 aliphatic heterocycles. The lowest BCUT2D eigenvalue weighted by Gasteiger charge is -2.18. The molecule has 3 N–H and O–H groups in total. The van der Waals surface area contributed by atoms with Gasteiger partial charge in [-0.15, -0.1) is 0 Å². The second-order valence-electron chi connectivity index (χ2n) is 7.23. The molecule has 0 amide bonds. The van der Waals surface area contributed by atoms with Gasteiger partial charge in [0.05, 0.1) is 6.04 Å². The summed E-state index contributed by atoms with van der Waals surface area (Å²) in [7, 11) is 0. The number of para-hydroxylation sites is 1. The average molecular weight is 364 g/mol. The SMILES string of the molecule is CC(=O)C(Cc1ccccc1)NCCNC(C)Cc1c[nH]c2ccccc12. The molecule has 0 saturated heterocycles. The molecule has 4 heteroatoms. The van der Waals surface area contributed by atoms with Crippen molar-refractivity contribution in [2.45, 2.75) is 38.8 Å². The van der Waals surface area contributed by atoms with Crippen molar-refractivity contribution in [3.63, 3.8) is 0 Å². The van der Waals surface area contributed by atoms with Crippen molar-refractivity contribution < 1.29 is 4.79 Å². The van der Waals surface area contributed by atoms with Crippen LogP contribution in [0.15, 0.2) is 60.8 Å². The molecule has 2 aromatic carbocycles. The molecule has 27 heavy (non-hydrogen) atoms. The zero-order valence-electron chi connectivity index (χ0n) is 16.2. The fourth-order valence-electron chi connectivity index (χ4n) is 3.48. The fourth-order valence-corrected chi connectivity index (χ4v) is 3.48. The van der Waals surface area contributed by atoms with E-state index in [0.717, 1.165) is 25.9 Å². The van der Waals surface area contributed by atoms with E-state index in [2.05, 4.69) is 65.1 Å². The van der Waals surface area contributed by atoms with E-state index in [1.807, 2.05) is 18.2 Å². The molecule has 3 aromatic rings. The number of aromatic amines is 1. The molecule has 2 unspecified atom stereocenters. The minimum Gasteiger partial charge on any atom is -0.361 e. The zero-order chi connectivity index (χ0) is 19.1. The lowest BCUT2D eigenvalue weighted by atomic mass is 10.0. The van der Waals surface area contributed by atoms with E-state index in [0.29, 0.717) is 6.04 Å². The highest BCUT2D eigenvalue weighted by atomic mass is 16.1. The first-order chi connectivity index (χ1) is 13.1. The van der Waals surface area contributed by atoms with Crippen LogP contribution in [0.1, 0.15) is 25.0 Å². The van der Waals surface area contributed by atoms with Gasteiger partial charge >= 0.3 is 0 Å². The van der Waals surface area contributed by atoms with Gasteiger partial charge in [0.15, 0.2) is 0 Å². The third-order valence-corrected chi connectivity index (χ3v) is 4.98. The van der Waals surface area contributed by atoms with Crippen LogP contribution >= 0.6 is 0 Å². The lowest BCUT2D eigenvalue weighted by Crippen LogP contribution is -2.42. The number of benzene rings is 2. The Morgan fingerprint density at radius 1 is 0.963 bits per heavy atom. The molecule has 0 radical (unpaired) electrons. The summed E-state index contributed by atoms with van der Waals surface area (Å²) in [5.41, 5.74) is 3.71. The monoisotopic (exact) mass is 363 g/mol. The van der Waals surface area contributed by atoms with E-state index in [1.165, 1.54) is 22.0 Å². The van der Waals surface area contributed by atoms with Gasteiger partial charge in [-0.3, -0.25) is 4.79 Å². The van der Waals surface area contributed by atoms with Crippen molar-refractivity contribution in [3.8, 4) is 0 Å². The number of Topliss-reactive ketones (excluding diaryl/α,β-unsaturated/α-hetero) is 1. The Bertz CT molecular complexity index is 856. The van der Waals surface area contributed by atoms with Gasteiger partial charge in [0.1, 0.15) is 5.78 Å². The summed E-state index contributed by atoms with van der Waals surface area (Å²) in [6, 6.07) is 18.8. The molecular formula is C23H29N3O. The van der Waals surface area contributed by atoms with Gasteiger partial charge in [-0.25, -0.2) is 0 Å². The van der Waals surface area contributed by atoms with Crippen LogP contribution in [-0.2, 0) is 17.6 Å². The second kappa shape index (κ2) is 9.49. The first-order valence-corrected chi connectivity index (χ1v) is 9.69. The highest BCUT2D eigenvalue weighted by molar-refractivity contribution is 5.83. The zero-order valence-corrected chi connectivity index (χ0v) is 16.2. The Hall–Kier alpha value is -2.43. The van der Waals surface area contributed by atoms with Crippen molar-refractivity contribution in [1.82, 2.24) is 15.6 Å². The van der Waals surface area contributed by atoms with E-state index in [4.69, 9.17) is 0 Å².